The lowest BCUT2D eigenvalue weighted by atomic mass is 9.93. The number of aryl methyl sites for hydroxylation is 1. The van der Waals surface area contributed by atoms with Gasteiger partial charge in [0.1, 0.15) is 18.1 Å². The van der Waals surface area contributed by atoms with Crippen LogP contribution < -0.4 is 4.74 Å². The van der Waals surface area contributed by atoms with E-state index < -0.39 is 17.7 Å². The van der Waals surface area contributed by atoms with Crippen LogP contribution in [0.1, 0.15) is 59.2 Å². The van der Waals surface area contributed by atoms with Gasteiger partial charge in [-0.2, -0.15) is 0 Å². The minimum absolute atomic E-state index is 0.0739. The molecule has 40 heavy (non-hydrogen) atoms. The molecule has 6 nitrogen and oxygen atoms in total. The molecule has 3 aromatic carbocycles. The van der Waals surface area contributed by atoms with Crippen LogP contribution in [0.2, 0.25) is 0 Å². The molecule has 0 aliphatic carbocycles. The Balaban J connectivity index is 1.48. The number of carbonyl (C=O) groups excluding carboxylic acids is 2. The van der Waals surface area contributed by atoms with E-state index in [4.69, 9.17) is 4.74 Å². The van der Waals surface area contributed by atoms with Crippen molar-refractivity contribution in [2.45, 2.75) is 45.9 Å². The van der Waals surface area contributed by atoms with E-state index in [1.807, 2.05) is 61.5 Å². The Labute approximate surface area is 234 Å². The van der Waals surface area contributed by atoms with E-state index in [9.17, 15) is 14.7 Å². The predicted molar refractivity (Wildman–Crippen MR) is 155 cm³/mol. The van der Waals surface area contributed by atoms with Gasteiger partial charge in [0.2, 0.25) is 0 Å². The van der Waals surface area contributed by atoms with Gasteiger partial charge < -0.3 is 14.7 Å². The highest BCUT2D eigenvalue weighted by atomic mass is 16.5. The third kappa shape index (κ3) is 5.66. The summed E-state index contributed by atoms with van der Waals surface area (Å²) in [5.74, 6) is -0.585. The van der Waals surface area contributed by atoms with Crippen molar-refractivity contribution >= 4 is 17.4 Å². The van der Waals surface area contributed by atoms with Crippen molar-refractivity contribution in [2.24, 2.45) is 0 Å². The summed E-state index contributed by atoms with van der Waals surface area (Å²) in [6, 6.07) is 25.8. The third-order valence-electron chi connectivity index (χ3n) is 7.18. The zero-order valence-corrected chi connectivity index (χ0v) is 22.9. The summed E-state index contributed by atoms with van der Waals surface area (Å²) in [6.07, 6.45) is 3.31. The van der Waals surface area contributed by atoms with Crippen LogP contribution >= 0.6 is 0 Å². The van der Waals surface area contributed by atoms with Gasteiger partial charge in [0.25, 0.3) is 11.7 Å². The highest BCUT2D eigenvalue weighted by Crippen LogP contribution is 2.40. The molecule has 1 saturated heterocycles. The summed E-state index contributed by atoms with van der Waals surface area (Å²) in [6.45, 7) is 6.89. The highest BCUT2D eigenvalue weighted by Gasteiger charge is 2.46. The molecule has 6 heteroatoms. The van der Waals surface area contributed by atoms with Crippen molar-refractivity contribution < 1.29 is 19.4 Å². The van der Waals surface area contributed by atoms with Crippen molar-refractivity contribution in [1.29, 1.82) is 0 Å². The Bertz CT molecular complexity index is 1540. The summed E-state index contributed by atoms with van der Waals surface area (Å²) in [4.78, 5) is 32.3. The lowest BCUT2D eigenvalue weighted by molar-refractivity contribution is -0.140. The van der Waals surface area contributed by atoms with Crippen LogP contribution in [0.25, 0.3) is 5.76 Å². The SMILES string of the molecule is Cc1cccc(COc2ccc(C(O)=C3C(=O)C(=O)N(Cc4ccncc4)[C@@H]3c3ccc(C(C)C)cc3)cc2)c1. The number of aliphatic hydroxyl groups excluding tert-OH is 1. The molecule has 1 atom stereocenters. The topological polar surface area (TPSA) is 79.7 Å². The van der Waals surface area contributed by atoms with Crippen LogP contribution in [-0.4, -0.2) is 26.7 Å². The number of likely N-dealkylation sites (tertiary alicyclic amines) is 1. The number of ketones is 1. The smallest absolute Gasteiger partial charge is 0.295 e. The maximum atomic E-state index is 13.4. The Hall–Kier alpha value is -4.71. The fraction of sp³-hybridized carbons (Fsp3) is 0.206. The number of ether oxygens (including phenoxy) is 1. The van der Waals surface area contributed by atoms with Crippen LogP contribution in [0.15, 0.2) is 103 Å². The largest absolute Gasteiger partial charge is 0.507 e. The fourth-order valence-corrected chi connectivity index (χ4v) is 4.97. The minimum Gasteiger partial charge on any atom is -0.507 e. The number of amides is 1. The first-order chi connectivity index (χ1) is 19.3. The summed E-state index contributed by atoms with van der Waals surface area (Å²) < 4.78 is 5.92. The first-order valence-electron chi connectivity index (χ1n) is 13.4. The molecule has 1 aliphatic rings. The van der Waals surface area contributed by atoms with Gasteiger partial charge in [-0.1, -0.05) is 67.9 Å². The lowest BCUT2D eigenvalue weighted by Crippen LogP contribution is -2.29. The molecule has 0 bridgehead atoms. The molecular formula is C34H32N2O4. The van der Waals surface area contributed by atoms with Gasteiger partial charge in [-0.05, 0) is 71.5 Å². The van der Waals surface area contributed by atoms with Crippen molar-refractivity contribution in [3.8, 4) is 5.75 Å². The number of rotatable bonds is 8. The predicted octanol–water partition coefficient (Wildman–Crippen LogP) is 6.71. The Kier molecular flexibility index (Phi) is 7.78. The normalized spacial score (nSPS) is 16.5. The molecule has 0 radical (unpaired) electrons. The first kappa shape index (κ1) is 26.9. The summed E-state index contributed by atoms with van der Waals surface area (Å²) in [7, 11) is 0. The number of aliphatic hydroxyl groups is 1. The van der Waals surface area contributed by atoms with Crippen molar-refractivity contribution in [2.75, 3.05) is 0 Å². The molecule has 1 fully saturated rings. The maximum absolute atomic E-state index is 13.4. The second-order valence-electron chi connectivity index (χ2n) is 10.4. The van der Waals surface area contributed by atoms with Crippen LogP contribution in [0, 0.1) is 6.92 Å². The lowest BCUT2D eigenvalue weighted by Gasteiger charge is -2.25. The number of benzene rings is 3. The number of hydrogen-bond acceptors (Lipinski definition) is 5. The molecule has 1 aromatic heterocycles. The number of Topliss-reactive ketones (excluding diaryl/α,β-unsaturated/α-hetero) is 1. The molecule has 0 spiro atoms. The van der Waals surface area contributed by atoms with Crippen molar-refractivity contribution in [3.05, 3.63) is 136 Å². The van der Waals surface area contributed by atoms with E-state index in [0.717, 1.165) is 27.8 Å². The molecule has 1 amide bonds. The molecule has 2 heterocycles. The van der Waals surface area contributed by atoms with Gasteiger partial charge in [0.15, 0.2) is 0 Å². The summed E-state index contributed by atoms with van der Waals surface area (Å²) in [5.41, 5.74) is 5.49. The fourth-order valence-electron chi connectivity index (χ4n) is 4.97. The number of nitrogens with zero attached hydrogens (tertiary/aromatic N) is 2. The third-order valence-corrected chi connectivity index (χ3v) is 7.18. The van der Waals surface area contributed by atoms with Crippen molar-refractivity contribution in [3.63, 3.8) is 0 Å². The van der Waals surface area contributed by atoms with Gasteiger partial charge >= 0.3 is 0 Å². The van der Waals surface area contributed by atoms with Gasteiger partial charge in [0.05, 0.1) is 11.6 Å². The molecule has 202 valence electrons. The molecule has 5 rings (SSSR count). The molecule has 1 aliphatic heterocycles. The molecule has 0 unspecified atom stereocenters. The zero-order chi connectivity index (χ0) is 28.2. The maximum Gasteiger partial charge on any atom is 0.295 e. The summed E-state index contributed by atoms with van der Waals surface area (Å²) >= 11 is 0. The Morgan fingerprint density at radius 1 is 0.925 bits per heavy atom. The van der Waals surface area contributed by atoms with Gasteiger partial charge in [-0.25, -0.2) is 0 Å². The van der Waals surface area contributed by atoms with E-state index in [0.29, 0.717) is 23.8 Å². The average molecular weight is 533 g/mol. The molecule has 4 aromatic rings. The van der Waals surface area contributed by atoms with Crippen molar-refractivity contribution in [1.82, 2.24) is 9.88 Å². The second-order valence-corrected chi connectivity index (χ2v) is 10.4. The van der Waals surface area contributed by atoms with E-state index in [1.165, 1.54) is 4.90 Å². The number of pyridine rings is 1. The van der Waals surface area contributed by atoms with Gasteiger partial charge in [-0.3, -0.25) is 14.6 Å². The second kappa shape index (κ2) is 11.6. The molecular weight excluding hydrogens is 500 g/mol. The van der Waals surface area contributed by atoms with Crippen LogP contribution in [-0.2, 0) is 22.7 Å². The monoisotopic (exact) mass is 532 g/mol. The number of aromatic nitrogens is 1. The van der Waals surface area contributed by atoms with E-state index >= 15 is 0 Å². The Morgan fingerprint density at radius 3 is 2.27 bits per heavy atom. The number of carbonyl (C=O) groups is 2. The molecule has 0 saturated carbocycles. The van der Waals surface area contributed by atoms with E-state index in [1.54, 1.807) is 36.7 Å². The molecule has 1 N–H and O–H groups in total. The first-order valence-corrected chi connectivity index (χ1v) is 13.4. The highest BCUT2D eigenvalue weighted by molar-refractivity contribution is 6.46. The summed E-state index contributed by atoms with van der Waals surface area (Å²) in [5, 5.41) is 11.4. The quantitative estimate of drug-likeness (QED) is 0.155. The van der Waals surface area contributed by atoms with Gasteiger partial charge in [0, 0.05) is 24.5 Å². The van der Waals surface area contributed by atoms with Crippen LogP contribution in [0.3, 0.4) is 0 Å². The average Bonchev–Trinajstić information content (AvgIpc) is 3.21. The zero-order valence-electron chi connectivity index (χ0n) is 22.9. The van der Waals surface area contributed by atoms with Crippen LogP contribution in [0.4, 0.5) is 0 Å². The number of hydrogen-bond donors (Lipinski definition) is 1. The van der Waals surface area contributed by atoms with E-state index in [-0.39, 0.29) is 17.9 Å². The van der Waals surface area contributed by atoms with Gasteiger partial charge in [-0.15, -0.1) is 0 Å². The van der Waals surface area contributed by atoms with Crippen LogP contribution in [0.5, 0.6) is 5.75 Å². The standard InChI is InChI=1S/C34H32N2O4/c1-22(2)26-7-9-27(10-8-26)31-30(33(38)34(39)36(31)20-24-15-17-35-18-16-24)32(37)28-11-13-29(14-12-28)40-21-25-6-4-5-23(3)19-25/h4-19,22,31,37H,20-21H2,1-3H3/t31-/m1/s1. The Morgan fingerprint density at radius 2 is 1.62 bits per heavy atom. The minimum atomic E-state index is -0.730. The van der Waals surface area contributed by atoms with E-state index in [2.05, 4.69) is 24.9 Å².